The highest BCUT2D eigenvalue weighted by molar-refractivity contribution is 5.67. The Kier molecular flexibility index (Phi) is 0.974. The van der Waals surface area contributed by atoms with Crippen molar-refractivity contribution in [2.45, 2.75) is 6.92 Å². The average molecular weight is 134 g/mol. The molecule has 2 aromatic heterocycles. The van der Waals surface area contributed by atoms with Gasteiger partial charge < -0.3 is 4.42 Å². The lowest BCUT2D eigenvalue weighted by atomic mass is 10.4. The van der Waals surface area contributed by atoms with E-state index in [0.717, 1.165) is 11.2 Å². The van der Waals surface area contributed by atoms with Crippen molar-refractivity contribution in [3.63, 3.8) is 0 Å². The summed E-state index contributed by atoms with van der Waals surface area (Å²) in [6.07, 6.45) is 1.40. The molecule has 2 rings (SSSR count). The first kappa shape index (κ1) is 5.41. The van der Waals surface area contributed by atoms with Gasteiger partial charge in [0.05, 0.1) is 0 Å². The zero-order valence-corrected chi connectivity index (χ0v) is 5.53. The molecule has 0 aliphatic rings. The van der Waals surface area contributed by atoms with Crippen molar-refractivity contribution in [2.24, 2.45) is 0 Å². The van der Waals surface area contributed by atoms with Crippen LogP contribution in [0.3, 0.4) is 0 Å². The maximum atomic E-state index is 4.98. The molecule has 0 spiro atoms. The van der Waals surface area contributed by atoms with Gasteiger partial charge in [0, 0.05) is 5.69 Å². The Bertz CT molecular complexity index is 353. The van der Waals surface area contributed by atoms with Gasteiger partial charge in [-0.15, -0.1) is 0 Å². The largest absolute Gasteiger partial charge is 0.425 e. The summed E-state index contributed by atoms with van der Waals surface area (Å²) < 4.78 is 4.98. The molecule has 10 heavy (non-hydrogen) atoms. The molecule has 0 aliphatic heterocycles. The van der Waals surface area contributed by atoms with Gasteiger partial charge in [0.25, 0.3) is 0 Å². The van der Waals surface area contributed by atoms with E-state index >= 15 is 0 Å². The molecule has 50 valence electrons. The number of pyridine rings is 1. The second-order valence-electron chi connectivity index (χ2n) is 2.13. The Morgan fingerprint density at radius 1 is 1.40 bits per heavy atom. The number of aryl methyl sites for hydroxylation is 1. The maximum Gasteiger partial charge on any atom is 0.246 e. The highest BCUT2D eigenvalue weighted by Gasteiger charge is 1.96. The van der Waals surface area contributed by atoms with Crippen LogP contribution in [0.2, 0.25) is 0 Å². The molecule has 0 aromatic carbocycles. The molecule has 2 aromatic rings. The molecule has 0 bridgehead atoms. The molecule has 0 radical (unpaired) electrons. The van der Waals surface area contributed by atoms with Gasteiger partial charge in [-0.05, 0) is 19.1 Å². The summed E-state index contributed by atoms with van der Waals surface area (Å²) in [5, 5.41) is 0. The van der Waals surface area contributed by atoms with E-state index in [9.17, 15) is 0 Å². The van der Waals surface area contributed by atoms with Crippen LogP contribution < -0.4 is 0 Å². The Balaban J connectivity index is 2.86. The van der Waals surface area contributed by atoms with Crippen LogP contribution in [0.4, 0.5) is 0 Å². The second kappa shape index (κ2) is 1.80. The quantitative estimate of drug-likeness (QED) is 0.548. The molecule has 2 heterocycles. The predicted molar refractivity (Wildman–Crippen MR) is 36.5 cm³/mol. The van der Waals surface area contributed by atoms with E-state index in [1.165, 1.54) is 6.39 Å². The van der Waals surface area contributed by atoms with E-state index in [2.05, 4.69) is 9.97 Å². The Labute approximate surface area is 57.7 Å². The number of hydrogen-bond acceptors (Lipinski definition) is 3. The highest BCUT2D eigenvalue weighted by Crippen LogP contribution is 2.08. The lowest BCUT2D eigenvalue weighted by molar-refractivity contribution is 0.590. The summed E-state index contributed by atoms with van der Waals surface area (Å²) in [6.45, 7) is 1.92. The van der Waals surface area contributed by atoms with Gasteiger partial charge in [-0.1, -0.05) is 0 Å². The van der Waals surface area contributed by atoms with Crippen LogP contribution in [0.25, 0.3) is 11.2 Å². The number of nitrogens with zero attached hydrogens (tertiary/aromatic N) is 2. The number of oxazole rings is 1. The van der Waals surface area contributed by atoms with Crippen molar-refractivity contribution in [1.82, 2.24) is 9.97 Å². The number of aromatic nitrogens is 2. The van der Waals surface area contributed by atoms with Gasteiger partial charge in [-0.3, -0.25) is 0 Å². The molecule has 0 saturated heterocycles. The molecule has 0 saturated carbocycles. The summed E-state index contributed by atoms with van der Waals surface area (Å²) in [4.78, 5) is 8.04. The van der Waals surface area contributed by atoms with Crippen LogP contribution >= 0.6 is 0 Å². The van der Waals surface area contributed by atoms with Crippen LogP contribution in [0.15, 0.2) is 22.9 Å². The van der Waals surface area contributed by atoms with Crippen LogP contribution in [0.1, 0.15) is 5.69 Å². The van der Waals surface area contributed by atoms with E-state index in [1.807, 2.05) is 19.1 Å². The molecule has 0 unspecified atom stereocenters. The van der Waals surface area contributed by atoms with E-state index in [1.54, 1.807) is 0 Å². The van der Waals surface area contributed by atoms with Crippen molar-refractivity contribution in [1.29, 1.82) is 0 Å². The molecule has 0 N–H and O–H groups in total. The third-order valence-electron chi connectivity index (χ3n) is 1.34. The van der Waals surface area contributed by atoms with Crippen molar-refractivity contribution in [2.75, 3.05) is 0 Å². The van der Waals surface area contributed by atoms with Gasteiger partial charge in [-0.25, -0.2) is 9.97 Å². The molecule has 0 fully saturated rings. The van der Waals surface area contributed by atoms with Gasteiger partial charge in [-0.2, -0.15) is 0 Å². The molecular formula is C7H6N2O. The summed E-state index contributed by atoms with van der Waals surface area (Å²) in [5.41, 5.74) is 2.37. The fraction of sp³-hybridized carbons (Fsp3) is 0.143. The molecular weight excluding hydrogens is 128 g/mol. The van der Waals surface area contributed by atoms with Gasteiger partial charge in [0.15, 0.2) is 6.39 Å². The molecule has 0 aliphatic carbocycles. The number of hydrogen-bond donors (Lipinski definition) is 0. The normalized spacial score (nSPS) is 10.5. The first-order valence-electron chi connectivity index (χ1n) is 3.03. The summed E-state index contributed by atoms with van der Waals surface area (Å²) in [6, 6.07) is 3.80. The standard InChI is InChI=1S/C7H6N2O/c1-5-2-3-6-7(9-5)10-4-8-6/h2-4H,1H3. The lowest BCUT2D eigenvalue weighted by Crippen LogP contribution is -1.78. The number of rotatable bonds is 0. The monoisotopic (exact) mass is 134 g/mol. The van der Waals surface area contributed by atoms with E-state index < -0.39 is 0 Å². The predicted octanol–water partition coefficient (Wildman–Crippen LogP) is 1.53. The average Bonchev–Trinajstić information content (AvgIpc) is 2.33. The Hall–Kier alpha value is -1.38. The molecule has 3 nitrogen and oxygen atoms in total. The third-order valence-corrected chi connectivity index (χ3v) is 1.34. The second-order valence-corrected chi connectivity index (χ2v) is 2.13. The summed E-state index contributed by atoms with van der Waals surface area (Å²) in [5.74, 6) is 0. The van der Waals surface area contributed by atoms with Crippen LogP contribution in [-0.4, -0.2) is 9.97 Å². The fourth-order valence-corrected chi connectivity index (χ4v) is 0.844. The minimum absolute atomic E-state index is 0.611. The fourth-order valence-electron chi connectivity index (χ4n) is 0.844. The molecule has 0 amide bonds. The van der Waals surface area contributed by atoms with Gasteiger partial charge in [0.1, 0.15) is 5.52 Å². The Morgan fingerprint density at radius 3 is 3.20 bits per heavy atom. The minimum Gasteiger partial charge on any atom is -0.425 e. The van der Waals surface area contributed by atoms with E-state index in [-0.39, 0.29) is 0 Å². The van der Waals surface area contributed by atoms with Crippen molar-refractivity contribution in [3.05, 3.63) is 24.2 Å². The summed E-state index contributed by atoms with van der Waals surface area (Å²) in [7, 11) is 0. The van der Waals surface area contributed by atoms with Gasteiger partial charge >= 0.3 is 0 Å². The van der Waals surface area contributed by atoms with Crippen molar-refractivity contribution in [3.8, 4) is 0 Å². The first-order chi connectivity index (χ1) is 4.86. The zero-order chi connectivity index (χ0) is 6.97. The smallest absolute Gasteiger partial charge is 0.246 e. The van der Waals surface area contributed by atoms with Crippen LogP contribution in [0, 0.1) is 6.92 Å². The maximum absolute atomic E-state index is 4.98. The van der Waals surface area contributed by atoms with Crippen LogP contribution in [-0.2, 0) is 0 Å². The Morgan fingerprint density at radius 2 is 2.30 bits per heavy atom. The SMILES string of the molecule is Cc1ccc2ncoc2n1. The zero-order valence-electron chi connectivity index (χ0n) is 5.53. The third kappa shape index (κ3) is 0.673. The lowest BCUT2D eigenvalue weighted by Gasteiger charge is -1.86. The van der Waals surface area contributed by atoms with Crippen molar-refractivity contribution >= 4 is 11.2 Å². The molecule has 0 atom stereocenters. The minimum atomic E-state index is 0.611. The van der Waals surface area contributed by atoms with Crippen molar-refractivity contribution < 1.29 is 4.42 Å². The summed E-state index contributed by atoms with van der Waals surface area (Å²) >= 11 is 0. The topological polar surface area (TPSA) is 38.9 Å². The van der Waals surface area contributed by atoms with E-state index in [4.69, 9.17) is 4.42 Å². The molecule has 3 heteroatoms. The first-order valence-corrected chi connectivity index (χ1v) is 3.03. The highest BCUT2D eigenvalue weighted by atomic mass is 16.3. The number of fused-ring (bicyclic) bond motifs is 1. The van der Waals surface area contributed by atoms with Crippen LogP contribution in [0.5, 0.6) is 0 Å². The van der Waals surface area contributed by atoms with Gasteiger partial charge in [0.2, 0.25) is 5.71 Å². The van der Waals surface area contributed by atoms with E-state index in [0.29, 0.717) is 5.71 Å².